The number of aromatic amines is 1. The van der Waals surface area contributed by atoms with Crippen molar-refractivity contribution < 1.29 is 9.90 Å². The molecular formula is C16H13N5O2S. The van der Waals surface area contributed by atoms with Gasteiger partial charge in [-0.15, -0.1) is 4.98 Å². The molecule has 0 aliphatic carbocycles. The van der Waals surface area contributed by atoms with E-state index in [4.69, 9.17) is 6.57 Å². The number of aromatic nitrogens is 3. The first kappa shape index (κ1) is 15.8. The van der Waals surface area contributed by atoms with Crippen LogP contribution in [-0.4, -0.2) is 31.7 Å². The lowest BCUT2D eigenvalue weighted by molar-refractivity contribution is -0.113. The van der Waals surface area contributed by atoms with E-state index in [0.717, 1.165) is 5.56 Å². The summed E-state index contributed by atoms with van der Waals surface area (Å²) in [5.74, 6) is 0.379. The molecule has 8 heteroatoms. The highest BCUT2D eigenvalue weighted by molar-refractivity contribution is 7.99. The summed E-state index contributed by atoms with van der Waals surface area (Å²) in [6.07, 6.45) is 1.55. The number of thioether (sulfide) groups is 1. The first-order chi connectivity index (χ1) is 11.5. The number of benzene rings is 1. The first-order valence-electron chi connectivity index (χ1n) is 7.00. The average molecular weight is 339 g/mol. The van der Waals surface area contributed by atoms with Crippen molar-refractivity contribution in [2.75, 3.05) is 11.1 Å². The summed E-state index contributed by atoms with van der Waals surface area (Å²) in [6, 6.07) is 6.57. The summed E-state index contributed by atoms with van der Waals surface area (Å²) >= 11 is 1.25. The van der Waals surface area contributed by atoms with Gasteiger partial charge in [0.2, 0.25) is 5.91 Å². The van der Waals surface area contributed by atoms with E-state index in [0.29, 0.717) is 21.9 Å². The molecule has 7 nitrogen and oxygen atoms in total. The standard InChI is InChI=1S/C16H13N5O2S/c1-9-3-4-10(5-13(9)22)19-15(23)8-24-16-20-11-6-14(17-2)18-7-12(11)21-16/h3-7,22H,8H2,1H3,(H,19,23)(H,20,21). The minimum absolute atomic E-state index is 0.140. The van der Waals surface area contributed by atoms with Crippen LogP contribution in [0.3, 0.4) is 0 Å². The lowest BCUT2D eigenvalue weighted by Gasteiger charge is -2.06. The Hall–Kier alpha value is -3.05. The molecule has 1 aromatic carbocycles. The Morgan fingerprint density at radius 2 is 2.29 bits per heavy atom. The number of rotatable bonds is 4. The van der Waals surface area contributed by atoms with Gasteiger partial charge in [-0.2, -0.15) is 0 Å². The van der Waals surface area contributed by atoms with Gasteiger partial charge in [-0.1, -0.05) is 24.4 Å². The lowest BCUT2D eigenvalue weighted by Crippen LogP contribution is -2.14. The van der Waals surface area contributed by atoms with E-state index >= 15 is 0 Å². The van der Waals surface area contributed by atoms with E-state index < -0.39 is 0 Å². The van der Waals surface area contributed by atoms with Gasteiger partial charge in [0.1, 0.15) is 17.5 Å². The number of pyridine rings is 1. The molecular weight excluding hydrogens is 326 g/mol. The molecule has 0 radical (unpaired) electrons. The maximum Gasteiger partial charge on any atom is 0.271 e. The van der Waals surface area contributed by atoms with Crippen LogP contribution in [0.4, 0.5) is 11.5 Å². The molecule has 2 heterocycles. The normalized spacial score (nSPS) is 10.5. The van der Waals surface area contributed by atoms with Crippen molar-refractivity contribution in [3.05, 3.63) is 47.4 Å². The number of nitrogens with zero attached hydrogens (tertiary/aromatic N) is 3. The zero-order chi connectivity index (χ0) is 17.1. The van der Waals surface area contributed by atoms with Crippen LogP contribution in [0.1, 0.15) is 5.56 Å². The van der Waals surface area contributed by atoms with Crippen LogP contribution in [0.2, 0.25) is 0 Å². The quantitative estimate of drug-likeness (QED) is 0.501. The summed E-state index contributed by atoms with van der Waals surface area (Å²) in [6.45, 7) is 8.73. The lowest BCUT2D eigenvalue weighted by atomic mass is 10.2. The van der Waals surface area contributed by atoms with Gasteiger partial charge in [0.05, 0.1) is 11.3 Å². The smallest absolute Gasteiger partial charge is 0.271 e. The van der Waals surface area contributed by atoms with E-state index in [2.05, 4.69) is 25.1 Å². The summed E-state index contributed by atoms with van der Waals surface area (Å²) < 4.78 is 0. The number of carbonyl (C=O) groups is 1. The molecule has 0 aliphatic heterocycles. The van der Waals surface area contributed by atoms with Gasteiger partial charge in [0, 0.05) is 11.8 Å². The Bertz CT molecular complexity index is 961. The van der Waals surface area contributed by atoms with Crippen LogP contribution in [-0.2, 0) is 4.79 Å². The molecule has 0 saturated heterocycles. The number of aromatic hydroxyl groups is 1. The van der Waals surface area contributed by atoms with Crippen molar-refractivity contribution in [2.45, 2.75) is 12.1 Å². The molecule has 0 bridgehead atoms. The number of imidazole rings is 1. The van der Waals surface area contributed by atoms with Gasteiger partial charge < -0.3 is 20.3 Å². The van der Waals surface area contributed by atoms with E-state index in [1.807, 2.05) is 0 Å². The Labute approximate surface area is 142 Å². The molecule has 0 aliphatic rings. The summed E-state index contributed by atoms with van der Waals surface area (Å²) in [7, 11) is 0. The second kappa shape index (κ2) is 6.60. The zero-order valence-electron chi connectivity index (χ0n) is 12.7. The summed E-state index contributed by atoms with van der Waals surface area (Å²) in [5.41, 5.74) is 2.65. The highest BCUT2D eigenvalue weighted by Crippen LogP contribution is 2.23. The van der Waals surface area contributed by atoms with Crippen LogP contribution in [0.15, 0.2) is 35.6 Å². The predicted octanol–water partition coefficient (Wildman–Crippen LogP) is 3.25. The van der Waals surface area contributed by atoms with Gasteiger partial charge in [-0.3, -0.25) is 4.79 Å². The third-order valence-corrected chi connectivity index (χ3v) is 4.15. The Balaban J connectivity index is 1.63. The van der Waals surface area contributed by atoms with E-state index in [-0.39, 0.29) is 23.2 Å². The molecule has 3 rings (SSSR count). The minimum atomic E-state index is -0.205. The van der Waals surface area contributed by atoms with Crippen molar-refractivity contribution in [1.29, 1.82) is 0 Å². The van der Waals surface area contributed by atoms with Gasteiger partial charge in [-0.05, 0) is 24.6 Å². The molecule has 3 N–H and O–H groups in total. The number of nitrogens with one attached hydrogen (secondary N) is 2. The van der Waals surface area contributed by atoms with Crippen molar-refractivity contribution in [3.8, 4) is 5.75 Å². The minimum Gasteiger partial charge on any atom is -0.508 e. The fourth-order valence-corrected chi connectivity index (χ4v) is 2.71. The van der Waals surface area contributed by atoms with Crippen molar-refractivity contribution >= 4 is 40.2 Å². The first-order valence-corrected chi connectivity index (χ1v) is 7.99. The molecule has 3 aromatic rings. The van der Waals surface area contributed by atoms with Crippen LogP contribution in [0.5, 0.6) is 5.75 Å². The molecule has 0 fully saturated rings. The number of fused-ring (bicyclic) bond motifs is 1. The largest absolute Gasteiger partial charge is 0.508 e. The van der Waals surface area contributed by atoms with E-state index in [9.17, 15) is 9.90 Å². The maximum absolute atomic E-state index is 12.0. The zero-order valence-corrected chi connectivity index (χ0v) is 13.5. The molecule has 120 valence electrons. The third kappa shape index (κ3) is 3.47. The molecule has 0 atom stereocenters. The van der Waals surface area contributed by atoms with Crippen molar-refractivity contribution in [3.63, 3.8) is 0 Å². The van der Waals surface area contributed by atoms with Gasteiger partial charge >= 0.3 is 0 Å². The number of amides is 1. The van der Waals surface area contributed by atoms with Crippen LogP contribution < -0.4 is 5.32 Å². The highest BCUT2D eigenvalue weighted by Gasteiger charge is 2.09. The fourth-order valence-electron chi connectivity index (χ4n) is 2.02. The van der Waals surface area contributed by atoms with Crippen LogP contribution in [0, 0.1) is 13.5 Å². The molecule has 0 spiro atoms. The average Bonchev–Trinajstić information content (AvgIpc) is 2.98. The second-order valence-corrected chi connectivity index (χ2v) is 6.02. The number of anilines is 1. The van der Waals surface area contributed by atoms with E-state index in [1.54, 1.807) is 31.3 Å². The van der Waals surface area contributed by atoms with Crippen molar-refractivity contribution in [2.24, 2.45) is 0 Å². The maximum atomic E-state index is 12.0. The third-order valence-electron chi connectivity index (χ3n) is 3.28. The number of phenols is 1. The number of phenolic OH excluding ortho intramolecular Hbond substituents is 1. The van der Waals surface area contributed by atoms with E-state index in [1.165, 1.54) is 17.8 Å². The van der Waals surface area contributed by atoms with Gasteiger partial charge in [-0.25, -0.2) is 4.98 Å². The van der Waals surface area contributed by atoms with Gasteiger partial charge in [0.15, 0.2) is 5.16 Å². The fraction of sp³-hybridized carbons (Fsp3) is 0.125. The molecule has 1 amide bonds. The SMILES string of the molecule is [C-]#[N+]c1cc2nc(SCC(=O)Nc3ccc(C)c(O)c3)[nH]c2cn1. The highest BCUT2D eigenvalue weighted by atomic mass is 32.2. The number of aryl methyl sites for hydroxylation is 1. The molecule has 2 aromatic heterocycles. The topological polar surface area (TPSA) is 95.3 Å². The Morgan fingerprint density at radius 1 is 1.46 bits per heavy atom. The number of hydrogen-bond acceptors (Lipinski definition) is 5. The Kier molecular flexibility index (Phi) is 4.35. The summed E-state index contributed by atoms with van der Waals surface area (Å²) in [5, 5.41) is 12.9. The van der Waals surface area contributed by atoms with Crippen LogP contribution in [0.25, 0.3) is 15.9 Å². The number of carbonyl (C=O) groups excluding carboxylic acids is 1. The van der Waals surface area contributed by atoms with Crippen molar-refractivity contribution in [1.82, 2.24) is 15.0 Å². The molecule has 0 unspecified atom stereocenters. The predicted molar refractivity (Wildman–Crippen MR) is 92.3 cm³/mol. The second-order valence-electron chi connectivity index (χ2n) is 5.05. The van der Waals surface area contributed by atoms with Crippen LogP contribution >= 0.6 is 11.8 Å². The number of hydrogen-bond donors (Lipinski definition) is 3. The number of H-pyrrole nitrogens is 1. The Morgan fingerprint density at radius 3 is 3.04 bits per heavy atom. The molecule has 0 saturated carbocycles. The monoisotopic (exact) mass is 339 g/mol. The molecule has 24 heavy (non-hydrogen) atoms. The van der Waals surface area contributed by atoms with Gasteiger partial charge in [0.25, 0.3) is 5.82 Å². The summed E-state index contributed by atoms with van der Waals surface area (Å²) in [4.78, 5) is 26.6.